The van der Waals surface area contributed by atoms with Crippen LogP contribution in [0.2, 0.25) is 0 Å². The van der Waals surface area contributed by atoms with Crippen molar-refractivity contribution in [3.05, 3.63) is 0 Å². The van der Waals surface area contributed by atoms with Crippen molar-refractivity contribution in [1.82, 2.24) is 10.6 Å². The van der Waals surface area contributed by atoms with Crippen LogP contribution in [0.1, 0.15) is 72.6 Å². The van der Waals surface area contributed by atoms with Crippen molar-refractivity contribution < 1.29 is 4.79 Å². The van der Waals surface area contributed by atoms with Gasteiger partial charge in [-0.05, 0) is 51.0 Å². The molecule has 1 fully saturated rings. The molecule has 3 nitrogen and oxygen atoms in total. The van der Waals surface area contributed by atoms with Crippen LogP contribution in [0.25, 0.3) is 0 Å². The molecule has 0 aliphatic heterocycles. The van der Waals surface area contributed by atoms with E-state index in [-0.39, 0.29) is 11.9 Å². The number of hydrogen-bond acceptors (Lipinski definition) is 2. The van der Waals surface area contributed by atoms with Gasteiger partial charge in [-0.3, -0.25) is 4.79 Å². The molecule has 1 aliphatic rings. The molecule has 1 saturated carbocycles. The Hall–Kier alpha value is -0.570. The Kier molecular flexibility index (Phi) is 8.20. The summed E-state index contributed by atoms with van der Waals surface area (Å²) in [7, 11) is 0. The normalized spacial score (nSPS) is 24.6. The minimum absolute atomic E-state index is 0.0699. The van der Waals surface area contributed by atoms with Crippen LogP contribution in [0.3, 0.4) is 0 Å². The van der Waals surface area contributed by atoms with Gasteiger partial charge in [0.25, 0.3) is 0 Å². The summed E-state index contributed by atoms with van der Waals surface area (Å²) in [6.07, 6.45) is 8.74. The monoisotopic (exact) mass is 282 g/mol. The third-order valence-electron chi connectivity index (χ3n) is 4.98. The second-order valence-electron chi connectivity index (χ2n) is 6.45. The van der Waals surface area contributed by atoms with Gasteiger partial charge in [-0.25, -0.2) is 0 Å². The molecule has 0 radical (unpaired) electrons. The lowest BCUT2D eigenvalue weighted by molar-refractivity contribution is -0.123. The van der Waals surface area contributed by atoms with Gasteiger partial charge in [0, 0.05) is 6.04 Å². The van der Waals surface area contributed by atoms with Crippen molar-refractivity contribution in [3.63, 3.8) is 0 Å². The molecule has 0 saturated heterocycles. The average molecular weight is 282 g/mol. The maximum atomic E-state index is 12.1. The molecule has 0 aromatic heterocycles. The molecule has 0 heterocycles. The summed E-state index contributed by atoms with van der Waals surface area (Å²) in [5.41, 5.74) is 0. The highest BCUT2D eigenvalue weighted by Crippen LogP contribution is 2.30. The van der Waals surface area contributed by atoms with Crippen molar-refractivity contribution >= 4 is 5.91 Å². The standard InChI is InChI=1S/C17H34N2O/c1-5-14-8-10-15(11-9-14)12-18-13(4)17(20)19-16(6-2)7-3/h13-16,18H,5-12H2,1-4H3,(H,19,20). The lowest BCUT2D eigenvalue weighted by Crippen LogP contribution is -2.47. The van der Waals surface area contributed by atoms with Crippen LogP contribution < -0.4 is 10.6 Å². The molecule has 2 N–H and O–H groups in total. The van der Waals surface area contributed by atoms with Gasteiger partial charge in [0.1, 0.15) is 0 Å². The van der Waals surface area contributed by atoms with Crippen molar-refractivity contribution in [3.8, 4) is 0 Å². The topological polar surface area (TPSA) is 41.1 Å². The van der Waals surface area contributed by atoms with Crippen molar-refractivity contribution in [2.45, 2.75) is 84.7 Å². The molecule has 1 rings (SSSR count). The number of rotatable bonds is 8. The van der Waals surface area contributed by atoms with Gasteiger partial charge in [-0.1, -0.05) is 40.0 Å². The first kappa shape index (κ1) is 17.5. The van der Waals surface area contributed by atoms with Gasteiger partial charge >= 0.3 is 0 Å². The summed E-state index contributed by atoms with van der Waals surface area (Å²) in [5, 5.41) is 6.55. The van der Waals surface area contributed by atoms with Gasteiger partial charge in [0.15, 0.2) is 0 Å². The number of nitrogens with one attached hydrogen (secondary N) is 2. The lowest BCUT2D eigenvalue weighted by Gasteiger charge is -2.29. The zero-order valence-electron chi connectivity index (χ0n) is 13.9. The van der Waals surface area contributed by atoms with E-state index in [1.165, 1.54) is 32.1 Å². The maximum absolute atomic E-state index is 12.1. The maximum Gasteiger partial charge on any atom is 0.237 e. The molecule has 0 aromatic rings. The molecule has 1 aliphatic carbocycles. The Balaban J connectivity index is 2.22. The van der Waals surface area contributed by atoms with E-state index in [1.807, 2.05) is 6.92 Å². The molecule has 1 amide bonds. The first-order chi connectivity index (χ1) is 9.60. The predicted molar refractivity (Wildman–Crippen MR) is 85.7 cm³/mol. The van der Waals surface area contributed by atoms with Crippen LogP contribution in [0.15, 0.2) is 0 Å². The van der Waals surface area contributed by atoms with Gasteiger partial charge in [-0.15, -0.1) is 0 Å². The summed E-state index contributed by atoms with van der Waals surface area (Å²) in [6, 6.07) is 0.256. The molecule has 3 heteroatoms. The highest BCUT2D eigenvalue weighted by Gasteiger charge is 2.21. The van der Waals surface area contributed by atoms with E-state index in [0.717, 1.165) is 31.2 Å². The van der Waals surface area contributed by atoms with E-state index >= 15 is 0 Å². The second kappa shape index (κ2) is 9.38. The number of amides is 1. The number of carbonyl (C=O) groups excluding carboxylic acids is 1. The average Bonchev–Trinajstić information content (AvgIpc) is 2.50. The van der Waals surface area contributed by atoms with E-state index in [4.69, 9.17) is 0 Å². The summed E-state index contributed by atoms with van der Waals surface area (Å²) >= 11 is 0. The van der Waals surface area contributed by atoms with Gasteiger partial charge in [0.05, 0.1) is 6.04 Å². The van der Waals surface area contributed by atoms with Crippen molar-refractivity contribution in [2.24, 2.45) is 11.8 Å². The summed E-state index contributed by atoms with van der Waals surface area (Å²) in [4.78, 5) is 12.1. The largest absolute Gasteiger partial charge is 0.352 e. The fourth-order valence-electron chi connectivity index (χ4n) is 3.10. The highest BCUT2D eigenvalue weighted by atomic mass is 16.2. The lowest BCUT2D eigenvalue weighted by atomic mass is 9.81. The van der Waals surface area contributed by atoms with Crippen LogP contribution in [0.5, 0.6) is 0 Å². The molecule has 118 valence electrons. The summed E-state index contributed by atoms with van der Waals surface area (Å²) in [5.74, 6) is 1.86. The smallest absolute Gasteiger partial charge is 0.237 e. The molecule has 0 aromatic carbocycles. The van der Waals surface area contributed by atoms with E-state index in [2.05, 4.69) is 31.4 Å². The molecule has 1 unspecified atom stereocenters. The van der Waals surface area contributed by atoms with Crippen LogP contribution in [0.4, 0.5) is 0 Å². The molecule has 0 bridgehead atoms. The second-order valence-corrected chi connectivity index (χ2v) is 6.45. The fraction of sp³-hybridized carbons (Fsp3) is 0.941. The first-order valence-corrected chi connectivity index (χ1v) is 8.64. The summed E-state index contributed by atoms with van der Waals surface area (Å²) in [6.45, 7) is 9.52. The third kappa shape index (κ3) is 5.82. The van der Waals surface area contributed by atoms with E-state index < -0.39 is 0 Å². The van der Waals surface area contributed by atoms with Crippen molar-refractivity contribution in [1.29, 1.82) is 0 Å². The first-order valence-electron chi connectivity index (χ1n) is 8.64. The Labute approximate surface area is 125 Å². The van der Waals surface area contributed by atoms with E-state index in [0.29, 0.717) is 6.04 Å². The Morgan fingerprint density at radius 3 is 2.10 bits per heavy atom. The fourth-order valence-corrected chi connectivity index (χ4v) is 3.10. The minimum Gasteiger partial charge on any atom is -0.352 e. The van der Waals surface area contributed by atoms with Crippen LogP contribution in [-0.2, 0) is 4.79 Å². The molecule has 20 heavy (non-hydrogen) atoms. The van der Waals surface area contributed by atoms with Gasteiger partial charge in [-0.2, -0.15) is 0 Å². The molecule has 0 spiro atoms. The highest BCUT2D eigenvalue weighted by molar-refractivity contribution is 5.81. The third-order valence-corrected chi connectivity index (χ3v) is 4.98. The van der Waals surface area contributed by atoms with Gasteiger partial charge < -0.3 is 10.6 Å². The van der Waals surface area contributed by atoms with E-state index in [9.17, 15) is 4.79 Å². The SMILES string of the molecule is CCC1CCC(CNC(C)C(=O)NC(CC)CC)CC1. The minimum atomic E-state index is -0.0699. The Morgan fingerprint density at radius 2 is 1.60 bits per heavy atom. The zero-order valence-corrected chi connectivity index (χ0v) is 13.9. The van der Waals surface area contributed by atoms with Crippen LogP contribution in [0, 0.1) is 11.8 Å². The number of carbonyl (C=O) groups is 1. The van der Waals surface area contributed by atoms with Gasteiger partial charge in [0.2, 0.25) is 5.91 Å². The Bertz CT molecular complexity index is 268. The predicted octanol–water partition coefficient (Wildman–Crippen LogP) is 3.49. The van der Waals surface area contributed by atoms with Crippen LogP contribution in [-0.4, -0.2) is 24.5 Å². The molecule has 1 atom stereocenters. The zero-order chi connectivity index (χ0) is 15.0. The van der Waals surface area contributed by atoms with Crippen molar-refractivity contribution in [2.75, 3.05) is 6.54 Å². The quantitative estimate of drug-likeness (QED) is 0.715. The summed E-state index contributed by atoms with van der Waals surface area (Å²) < 4.78 is 0. The molecular formula is C17H34N2O. The number of hydrogen-bond donors (Lipinski definition) is 2. The van der Waals surface area contributed by atoms with E-state index in [1.54, 1.807) is 0 Å². The van der Waals surface area contributed by atoms with Crippen LogP contribution >= 0.6 is 0 Å². The Morgan fingerprint density at radius 1 is 1.05 bits per heavy atom. The molecular weight excluding hydrogens is 248 g/mol.